The Bertz CT molecular complexity index is 571. The van der Waals surface area contributed by atoms with E-state index in [1.807, 2.05) is 0 Å². The SMILES string of the molecule is NCc1cc(C(=O)NCC2CCS(=O)(=O)C2)ccn1. The van der Waals surface area contributed by atoms with Crippen molar-refractivity contribution in [2.75, 3.05) is 18.1 Å². The number of nitrogens with two attached hydrogens (primary N) is 1. The number of pyridine rings is 1. The molecule has 1 unspecified atom stereocenters. The number of sulfone groups is 1. The Morgan fingerprint density at radius 2 is 2.32 bits per heavy atom. The second kappa shape index (κ2) is 5.66. The number of hydrogen-bond donors (Lipinski definition) is 2. The van der Waals surface area contributed by atoms with E-state index < -0.39 is 9.84 Å². The third-order valence-electron chi connectivity index (χ3n) is 3.17. The molecule has 0 aromatic carbocycles. The van der Waals surface area contributed by atoms with Crippen LogP contribution in [0.3, 0.4) is 0 Å². The molecule has 0 radical (unpaired) electrons. The third-order valence-corrected chi connectivity index (χ3v) is 5.00. The van der Waals surface area contributed by atoms with Crippen molar-refractivity contribution in [2.24, 2.45) is 11.7 Å². The summed E-state index contributed by atoms with van der Waals surface area (Å²) < 4.78 is 22.6. The fraction of sp³-hybridized carbons (Fsp3) is 0.500. The van der Waals surface area contributed by atoms with E-state index in [1.165, 1.54) is 6.20 Å². The highest BCUT2D eigenvalue weighted by atomic mass is 32.2. The maximum absolute atomic E-state index is 11.9. The number of rotatable bonds is 4. The van der Waals surface area contributed by atoms with Gasteiger partial charge in [-0.15, -0.1) is 0 Å². The monoisotopic (exact) mass is 283 g/mol. The van der Waals surface area contributed by atoms with Crippen molar-refractivity contribution >= 4 is 15.7 Å². The Hall–Kier alpha value is -1.47. The lowest BCUT2D eigenvalue weighted by Gasteiger charge is -2.10. The van der Waals surface area contributed by atoms with Crippen LogP contribution in [0.25, 0.3) is 0 Å². The summed E-state index contributed by atoms with van der Waals surface area (Å²) in [5, 5.41) is 2.76. The molecule has 1 aliphatic heterocycles. The number of amides is 1. The molecule has 1 fully saturated rings. The summed E-state index contributed by atoms with van der Waals surface area (Å²) in [5.41, 5.74) is 6.61. The summed E-state index contributed by atoms with van der Waals surface area (Å²) in [5.74, 6) is 0.184. The van der Waals surface area contributed by atoms with Crippen LogP contribution < -0.4 is 11.1 Å². The van der Waals surface area contributed by atoms with Gasteiger partial charge >= 0.3 is 0 Å². The van der Waals surface area contributed by atoms with E-state index >= 15 is 0 Å². The van der Waals surface area contributed by atoms with Crippen LogP contribution in [-0.2, 0) is 16.4 Å². The molecular weight excluding hydrogens is 266 g/mol. The van der Waals surface area contributed by atoms with Gasteiger partial charge in [-0.1, -0.05) is 0 Å². The average Bonchev–Trinajstić information content (AvgIpc) is 2.75. The first kappa shape index (κ1) is 14.0. The van der Waals surface area contributed by atoms with E-state index in [0.29, 0.717) is 24.2 Å². The molecule has 0 spiro atoms. The van der Waals surface area contributed by atoms with Crippen LogP contribution in [-0.4, -0.2) is 37.4 Å². The van der Waals surface area contributed by atoms with Gasteiger partial charge in [-0.3, -0.25) is 9.78 Å². The van der Waals surface area contributed by atoms with Crippen LogP contribution in [0, 0.1) is 5.92 Å². The number of aromatic nitrogens is 1. The lowest BCUT2D eigenvalue weighted by atomic mass is 10.1. The van der Waals surface area contributed by atoms with Crippen molar-refractivity contribution in [3.63, 3.8) is 0 Å². The lowest BCUT2D eigenvalue weighted by Crippen LogP contribution is -2.30. The van der Waals surface area contributed by atoms with E-state index in [-0.39, 0.29) is 29.9 Å². The minimum absolute atomic E-state index is 0.0183. The molecule has 104 valence electrons. The van der Waals surface area contributed by atoms with E-state index in [0.717, 1.165) is 0 Å². The Labute approximate surface area is 112 Å². The summed E-state index contributed by atoms with van der Waals surface area (Å²) >= 11 is 0. The van der Waals surface area contributed by atoms with Gasteiger partial charge in [0.2, 0.25) is 0 Å². The van der Waals surface area contributed by atoms with Crippen LogP contribution in [0.15, 0.2) is 18.3 Å². The van der Waals surface area contributed by atoms with E-state index in [9.17, 15) is 13.2 Å². The molecule has 7 heteroatoms. The van der Waals surface area contributed by atoms with Gasteiger partial charge in [-0.05, 0) is 24.5 Å². The molecule has 1 aliphatic rings. The van der Waals surface area contributed by atoms with E-state index in [1.54, 1.807) is 12.1 Å². The zero-order valence-corrected chi connectivity index (χ0v) is 11.3. The summed E-state index contributed by atoms with van der Waals surface area (Å²) in [6.07, 6.45) is 2.16. The molecular formula is C12H17N3O3S. The molecule has 19 heavy (non-hydrogen) atoms. The molecule has 0 saturated carbocycles. The highest BCUT2D eigenvalue weighted by Crippen LogP contribution is 2.17. The minimum atomic E-state index is -2.90. The molecule has 0 bridgehead atoms. The van der Waals surface area contributed by atoms with E-state index in [2.05, 4.69) is 10.3 Å². The van der Waals surface area contributed by atoms with Gasteiger partial charge in [0.1, 0.15) is 0 Å². The van der Waals surface area contributed by atoms with Crippen LogP contribution in [0.4, 0.5) is 0 Å². The van der Waals surface area contributed by atoms with Gasteiger partial charge < -0.3 is 11.1 Å². The fourth-order valence-corrected chi connectivity index (χ4v) is 3.97. The standard InChI is InChI=1S/C12H17N3O3S/c13-6-11-5-10(1-3-14-11)12(16)15-7-9-2-4-19(17,18)8-9/h1,3,5,9H,2,4,6-8,13H2,(H,15,16). The predicted octanol–water partition coefficient (Wildman–Crippen LogP) is -0.295. The molecule has 2 heterocycles. The smallest absolute Gasteiger partial charge is 0.251 e. The number of hydrogen-bond acceptors (Lipinski definition) is 5. The van der Waals surface area contributed by atoms with Gasteiger partial charge in [0.25, 0.3) is 5.91 Å². The van der Waals surface area contributed by atoms with Crippen molar-refractivity contribution < 1.29 is 13.2 Å². The fourth-order valence-electron chi connectivity index (χ4n) is 2.10. The molecule has 1 saturated heterocycles. The summed E-state index contributed by atoms with van der Waals surface area (Å²) in [6, 6.07) is 3.25. The van der Waals surface area contributed by atoms with Crippen molar-refractivity contribution in [3.05, 3.63) is 29.6 Å². The van der Waals surface area contributed by atoms with Crippen LogP contribution in [0.1, 0.15) is 22.5 Å². The van der Waals surface area contributed by atoms with Gasteiger partial charge in [0.05, 0.1) is 17.2 Å². The highest BCUT2D eigenvalue weighted by molar-refractivity contribution is 7.91. The van der Waals surface area contributed by atoms with Crippen LogP contribution in [0.5, 0.6) is 0 Å². The molecule has 6 nitrogen and oxygen atoms in total. The molecule has 1 atom stereocenters. The Morgan fingerprint density at radius 3 is 2.95 bits per heavy atom. The second-order valence-corrected chi connectivity index (χ2v) is 6.95. The van der Waals surface area contributed by atoms with E-state index in [4.69, 9.17) is 5.73 Å². The summed E-state index contributed by atoms with van der Waals surface area (Å²) in [7, 11) is -2.90. The van der Waals surface area contributed by atoms with Crippen molar-refractivity contribution in [3.8, 4) is 0 Å². The number of nitrogens with zero attached hydrogens (tertiary/aromatic N) is 1. The molecule has 1 amide bonds. The molecule has 0 aliphatic carbocycles. The molecule has 1 aromatic rings. The molecule has 3 N–H and O–H groups in total. The minimum Gasteiger partial charge on any atom is -0.352 e. The zero-order valence-electron chi connectivity index (χ0n) is 10.5. The number of carbonyl (C=O) groups excluding carboxylic acids is 1. The van der Waals surface area contributed by atoms with Gasteiger partial charge in [-0.25, -0.2) is 8.42 Å². The first-order valence-corrected chi connectivity index (χ1v) is 7.96. The average molecular weight is 283 g/mol. The Kier molecular flexibility index (Phi) is 4.16. The molecule has 2 rings (SSSR count). The van der Waals surface area contributed by atoms with Crippen LogP contribution >= 0.6 is 0 Å². The van der Waals surface area contributed by atoms with Gasteiger partial charge in [-0.2, -0.15) is 0 Å². The number of nitrogens with one attached hydrogen (secondary N) is 1. The summed E-state index contributed by atoms with van der Waals surface area (Å²) in [6.45, 7) is 0.667. The first-order valence-electron chi connectivity index (χ1n) is 6.14. The maximum Gasteiger partial charge on any atom is 0.251 e. The van der Waals surface area contributed by atoms with Crippen LogP contribution in [0.2, 0.25) is 0 Å². The quantitative estimate of drug-likeness (QED) is 0.790. The normalized spacial score (nSPS) is 21.2. The Morgan fingerprint density at radius 1 is 1.53 bits per heavy atom. The maximum atomic E-state index is 11.9. The Balaban J connectivity index is 1.91. The lowest BCUT2D eigenvalue weighted by molar-refractivity contribution is 0.0948. The second-order valence-electron chi connectivity index (χ2n) is 4.72. The van der Waals surface area contributed by atoms with Gasteiger partial charge in [0.15, 0.2) is 9.84 Å². The number of carbonyl (C=O) groups is 1. The van der Waals surface area contributed by atoms with Gasteiger partial charge in [0, 0.05) is 24.8 Å². The predicted molar refractivity (Wildman–Crippen MR) is 71.2 cm³/mol. The zero-order chi connectivity index (χ0) is 13.9. The first-order chi connectivity index (χ1) is 9.00. The van der Waals surface area contributed by atoms with Crippen molar-refractivity contribution in [2.45, 2.75) is 13.0 Å². The van der Waals surface area contributed by atoms with Crippen molar-refractivity contribution in [1.29, 1.82) is 0 Å². The third kappa shape index (κ3) is 3.74. The van der Waals surface area contributed by atoms with Crippen molar-refractivity contribution in [1.82, 2.24) is 10.3 Å². The molecule has 1 aromatic heterocycles. The largest absolute Gasteiger partial charge is 0.352 e. The summed E-state index contributed by atoms with van der Waals surface area (Å²) in [4.78, 5) is 15.9. The highest BCUT2D eigenvalue weighted by Gasteiger charge is 2.27. The topological polar surface area (TPSA) is 102 Å².